The van der Waals surface area contributed by atoms with Gasteiger partial charge in [0.15, 0.2) is 0 Å². The Hall–Kier alpha value is -3.05. The molecule has 5 heteroatoms. The topological polar surface area (TPSA) is 75.8 Å². The van der Waals surface area contributed by atoms with Crippen molar-refractivity contribution in [2.75, 3.05) is 0 Å². The molecule has 5 nitrogen and oxygen atoms in total. The van der Waals surface area contributed by atoms with Crippen LogP contribution in [0.2, 0.25) is 0 Å². The fourth-order valence-electron chi connectivity index (χ4n) is 3.76. The predicted molar refractivity (Wildman–Crippen MR) is 104 cm³/mol. The lowest BCUT2D eigenvalue weighted by atomic mass is 9.87. The van der Waals surface area contributed by atoms with Crippen LogP contribution in [0, 0.1) is 0 Å². The second-order valence-corrected chi connectivity index (χ2v) is 6.92. The van der Waals surface area contributed by atoms with Gasteiger partial charge in [0.25, 0.3) is 0 Å². The summed E-state index contributed by atoms with van der Waals surface area (Å²) in [6.45, 7) is 0.487. The lowest BCUT2D eigenvalue weighted by Crippen LogP contribution is -2.37. The molecule has 0 aromatic heterocycles. The average Bonchev–Trinajstić information content (AvgIpc) is 2.70. The highest BCUT2D eigenvalue weighted by molar-refractivity contribution is 5.82. The number of benzene rings is 3. The van der Waals surface area contributed by atoms with E-state index in [1.807, 2.05) is 30.3 Å². The van der Waals surface area contributed by atoms with Crippen LogP contribution in [0.4, 0.5) is 4.79 Å². The standard InChI is InChI=1S/C22H22N2O3/c23-22(25)24(26)21-7-3-6-18-13-19(10-11-20(18)21)27-14-15-8-9-16-4-1-2-5-17(16)12-15/h1-2,4-5,8-13,21,26H,3,6-7,14H2,(H2,23,25). The lowest BCUT2D eigenvalue weighted by Gasteiger charge is -2.30. The van der Waals surface area contributed by atoms with Crippen LogP contribution in [0.1, 0.15) is 35.6 Å². The molecule has 27 heavy (non-hydrogen) atoms. The maximum Gasteiger partial charge on any atom is 0.339 e. The van der Waals surface area contributed by atoms with Crippen LogP contribution < -0.4 is 10.5 Å². The molecule has 4 rings (SSSR count). The first-order valence-corrected chi connectivity index (χ1v) is 9.12. The summed E-state index contributed by atoms with van der Waals surface area (Å²) >= 11 is 0. The molecule has 138 valence electrons. The van der Waals surface area contributed by atoms with Crippen LogP contribution in [0.3, 0.4) is 0 Å². The van der Waals surface area contributed by atoms with Crippen molar-refractivity contribution in [3.63, 3.8) is 0 Å². The van der Waals surface area contributed by atoms with Crippen molar-refractivity contribution in [1.29, 1.82) is 0 Å². The zero-order valence-electron chi connectivity index (χ0n) is 15.0. The molecule has 0 aliphatic heterocycles. The van der Waals surface area contributed by atoms with E-state index in [2.05, 4.69) is 30.3 Å². The molecule has 0 bridgehead atoms. The summed E-state index contributed by atoms with van der Waals surface area (Å²) < 4.78 is 5.98. The van der Waals surface area contributed by atoms with Gasteiger partial charge in [-0.15, -0.1) is 0 Å². The fraction of sp³-hybridized carbons (Fsp3) is 0.227. The fourth-order valence-corrected chi connectivity index (χ4v) is 3.76. The quantitative estimate of drug-likeness (QED) is 0.527. The molecule has 2 amide bonds. The second-order valence-electron chi connectivity index (χ2n) is 6.92. The first kappa shape index (κ1) is 17.4. The summed E-state index contributed by atoms with van der Waals surface area (Å²) in [4.78, 5) is 11.3. The number of primary amides is 1. The van der Waals surface area contributed by atoms with Crippen LogP contribution in [-0.2, 0) is 13.0 Å². The summed E-state index contributed by atoms with van der Waals surface area (Å²) in [5, 5.41) is 13.0. The van der Waals surface area contributed by atoms with E-state index in [-0.39, 0.29) is 6.04 Å². The summed E-state index contributed by atoms with van der Waals surface area (Å²) in [6.07, 6.45) is 2.48. The largest absolute Gasteiger partial charge is 0.489 e. The minimum absolute atomic E-state index is 0.388. The van der Waals surface area contributed by atoms with Crippen molar-refractivity contribution in [1.82, 2.24) is 5.06 Å². The molecule has 0 heterocycles. The number of rotatable bonds is 4. The first-order valence-electron chi connectivity index (χ1n) is 9.12. The maximum absolute atomic E-state index is 11.3. The van der Waals surface area contributed by atoms with E-state index in [1.165, 1.54) is 10.8 Å². The van der Waals surface area contributed by atoms with E-state index in [1.54, 1.807) is 0 Å². The highest BCUT2D eigenvalue weighted by Crippen LogP contribution is 2.35. The molecule has 1 unspecified atom stereocenters. The average molecular weight is 362 g/mol. The number of amides is 2. The van der Waals surface area contributed by atoms with E-state index in [9.17, 15) is 10.0 Å². The van der Waals surface area contributed by atoms with Gasteiger partial charge in [-0.05, 0) is 64.9 Å². The molecular weight excluding hydrogens is 340 g/mol. The van der Waals surface area contributed by atoms with Crippen LogP contribution in [0.15, 0.2) is 60.7 Å². The SMILES string of the molecule is NC(=O)N(O)C1CCCc2cc(OCc3ccc4ccccc4c3)ccc21. The maximum atomic E-state index is 11.3. The molecule has 0 saturated heterocycles. The van der Waals surface area contributed by atoms with Gasteiger partial charge in [0, 0.05) is 0 Å². The minimum atomic E-state index is -0.829. The van der Waals surface area contributed by atoms with E-state index < -0.39 is 6.03 Å². The van der Waals surface area contributed by atoms with Crippen LogP contribution in [-0.4, -0.2) is 16.3 Å². The lowest BCUT2D eigenvalue weighted by molar-refractivity contribution is -0.0808. The highest BCUT2D eigenvalue weighted by atomic mass is 16.5. The van der Waals surface area contributed by atoms with Crippen LogP contribution in [0.25, 0.3) is 10.8 Å². The number of fused-ring (bicyclic) bond motifs is 2. The van der Waals surface area contributed by atoms with Crippen molar-refractivity contribution < 1.29 is 14.7 Å². The van der Waals surface area contributed by atoms with Gasteiger partial charge < -0.3 is 10.5 Å². The number of urea groups is 1. The van der Waals surface area contributed by atoms with Gasteiger partial charge >= 0.3 is 6.03 Å². The van der Waals surface area contributed by atoms with Crippen molar-refractivity contribution >= 4 is 16.8 Å². The molecule has 1 atom stereocenters. The van der Waals surface area contributed by atoms with Crippen LogP contribution >= 0.6 is 0 Å². The Labute approximate surface area is 157 Å². The van der Waals surface area contributed by atoms with Gasteiger partial charge in [0.2, 0.25) is 0 Å². The number of ether oxygens (including phenoxy) is 1. The number of hydroxylamine groups is 2. The molecule has 1 aliphatic carbocycles. The zero-order chi connectivity index (χ0) is 18.8. The van der Waals surface area contributed by atoms with Gasteiger partial charge in [0.05, 0.1) is 6.04 Å². The first-order chi connectivity index (χ1) is 13.1. The summed E-state index contributed by atoms with van der Waals surface area (Å²) in [5.41, 5.74) is 8.35. The van der Waals surface area contributed by atoms with Gasteiger partial charge in [-0.3, -0.25) is 5.21 Å². The third kappa shape index (κ3) is 3.59. The Morgan fingerprint density at radius 2 is 1.93 bits per heavy atom. The number of nitrogens with two attached hydrogens (primary N) is 1. The smallest absolute Gasteiger partial charge is 0.339 e. The Morgan fingerprint density at radius 1 is 1.11 bits per heavy atom. The summed E-state index contributed by atoms with van der Waals surface area (Å²) in [6, 6.07) is 19.1. The number of carbonyl (C=O) groups excluding carboxylic acids is 1. The molecule has 1 aliphatic rings. The monoisotopic (exact) mass is 362 g/mol. The zero-order valence-corrected chi connectivity index (χ0v) is 15.0. The predicted octanol–water partition coefficient (Wildman–Crippen LogP) is 4.57. The van der Waals surface area contributed by atoms with E-state index in [0.717, 1.165) is 35.3 Å². The number of aryl methyl sites for hydroxylation is 1. The third-order valence-electron chi connectivity index (χ3n) is 5.14. The number of hydrogen-bond acceptors (Lipinski definition) is 3. The van der Waals surface area contributed by atoms with Crippen LogP contribution in [0.5, 0.6) is 5.75 Å². The van der Waals surface area contributed by atoms with Crippen molar-refractivity contribution in [3.8, 4) is 5.75 Å². The summed E-state index contributed by atoms with van der Waals surface area (Å²) in [7, 11) is 0. The Morgan fingerprint density at radius 3 is 2.74 bits per heavy atom. The van der Waals surface area contributed by atoms with Gasteiger partial charge in [0.1, 0.15) is 12.4 Å². The van der Waals surface area contributed by atoms with Crippen molar-refractivity contribution in [2.24, 2.45) is 5.73 Å². The molecular formula is C22H22N2O3. The van der Waals surface area contributed by atoms with E-state index in [4.69, 9.17) is 10.5 Å². The Balaban J connectivity index is 1.50. The Kier molecular flexibility index (Phi) is 4.69. The molecule has 0 radical (unpaired) electrons. The third-order valence-corrected chi connectivity index (χ3v) is 5.14. The normalized spacial score (nSPS) is 16.0. The molecule has 3 aromatic carbocycles. The van der Waals surface area contributed by atoms with Gasteiger partial charge in [-0.25, -0.2) is 4.79 Å². The van der Waals surface area contributed by atoms with Crippen molar-refractivity contribution in [3.05, 3.63) is 77.4 Å². The van der Waals surface area contributed by atoms with Crippen molar-refractivity contribution in [2.45, 2.75) is 31.9 Å². The van der Waals surface area contributed by atoms with E-state index in [0.29, 0.717) is 18.1 Å². The molecule has 0 saturated carbocycles. The number of nitrogens with zero attached hydrogens (tertiary/aromatic N) is 1. The molecule has 0 spiro atoms. The second kappa shape index (κ2) is 7.29. The molecule has 3 aromatic rings. The summed E-state index contributed by atoms with van der Waals surface area (Å²) in [5.74, 6) is 0.783. The molecule has 0 fully saturated rings. The van der Waals surface area contributed by atoms with E-state index >= 15 is 0 Å². The Bertz CT molecular complexity index is 986. The molecule has 3 N–H and O–H groups in total. The van der Waals surface area contributed by atoms with Gasteiger partial charge in [-0.2, -0.15) is 5.06 Å². The number of carbonyl (C=O) groups is 1. The highest BCUT2D eigenvalue weighted by Gasteiger charge is 2.27. The minimum Gasteiger partial charge on any atom is -0.489 e. The number of hydrogen-bond donors (Lipinski definition) is 2. The van der Waals surface area contributed by atoms with Gasteiger partial charge in [-0.1, -0.05) is 42.5 Å².